The van der Waals surface area contributed by atoms with Gasteiger partial charge in [-0.2, -0.15) is 0 Å². The Hall–Kier alpha value is -2.94. The van der Waals surface area contributed by atoms with Crippen molar-refractivity contribution in [3.05, 3.63) is 59.9 Å². The molecule has 2 amide bonds. The van der Waals surface area contributed by atoms with E-state index in [2.05, 4.69) is 10.6 Å². The topological polar surface area (TPSA) is 95.6 Å². The number of hydrogen-bond donors (Lipinski definition) is 2. The molecule has 0 bridgehead atoms. The number of carbonyl (C=O) groups excluding carboxylic acids is 2. The number of sulfonamides is 1. The number of anilines is 2. The minimum atomic E-state index is -3.28. The molecular formula is C21H24FN3O4S. The van der Waals surface area contributed by atoms with Crippen LogP contribution in [0.15, 0.2) is 48.5 Å². The van der Waals surface area contributed by atoms with Gasteiger partial charge in [-0.25, -0.2) is 12.8 Å². The standard InChI is InChI=1S/C21H24FN3O4S/c1-14(2)19(24-20(26)17-6-3-4-7-18(17)22)21(27)23-15-8-10-16(11-9-15)25-12-5-13-30(25,28)29/h3-4,6-11,14,19H,5,12-13H2,1-2H3,(H,23,27)(H,24,26)/t19-/m0/s1. The second-order valence-corrected chi connectivity index (χ2v) is 9.47. The molecule has 0 aromatic heterocycles. The van der Waals surface area contributed by atoms with E-state index < -0.39 is 33.7 Å². The van der Waals surface area contributed by atoms with Gasteiger partial charge < -0.3 is 10.6 Å². The van der Waals surface area contributed by atoms with Crippen LogP contribution in [-0.2, 0) is 14.8 Å². The lowest BCUT2D eigenvalue weighted by Gasteiger charge is -2.22. The van der Waals surface area contributed by atoms with Crippen molar-refractivity contribution in [2.75, 3.05) is 21.9 Å². The Morgan fingerprint density at radius 1 is 1.07 bits per heavy atom. The number of hydrogen-bond acceptors (Lipinski definition) is 4. The fourth-order valence-electron chi connectivity index (χ4n) is 3.26. The van der Waals surface area contributed by atoms with Gasteiger partial charge in [0.05, 0.1) is 17.0 Å². The first kappa shape index (κ1) is 21.8. The summed E-state index contributed by atoms with van der Waals surface area (Å²) < 4.78 is 39.2. The minimum absolute atomic E-state index is 0.128. The van der Waals surface area contributed by atoms with Gasteiger partial charge in [-0.3, -0.25) is 13.9 Å². The molecule has 0 unspecified atom stereocenters. The summed E-state index contributed by atoms with van der Waals surface area (Å²) in [6, 6.07) is 11.2. The van der Waals surface area contributed by atoms with E-state index in [0.29, 0.717) is 24.3 Å². The average molecular weight is 434 g/mol. The lowest BCUT2D eigenvalue weighted by Crippen LogP contribution is -2.47. The molecule has 1 aliphatic rings. The summed E-state index contributed by atoms with van der Waals surface area (Å²) in [6.07, 6.45) is 0.582. The Bertz CT molecular complexity index is 1040. The van der Waals surface area contributed by atoms with Gasteiger partial charge in [0.25, 0.3) is 5.91 Å². The Kier molecular flexibility index (Phi) is 6.40. The van der Waals surface area contributed by atoms with Crippen molar-refractivity contribution in [2.45, 2.75) is 26.3 Å². The highest BCUT2D eigenvalue weighted by Gasteiger charge is 2.29. The van der Waals surface area contributed by atoms with Crippen molar-refractivity contribution in [1.82, 2.24) is 5.32 Å². The third-order valence-corrected chi connectivity index (χ3v) is 6.75. The maximum atomic E-state index is 13.9. The van der Waals surface area contributed by atoms with Crippen molar-refractivity contribution in [3.8, 4) is 0 Å². The summed E-state index contributed by atoms with van der Waals surface area (Å²) >= 11 is 0. The predicted molar refractivity (Wildman–Crippen MR) is 113 cm³/mol. The van der Waals surface area contributed by atoms with Gasteiger partial charge in [0, 0.05) is 12.2 Å². The van der Waals surface area contributed by atoms with Crippen LogP contribution in [-0.4, -0.2) is 38.6 Å². The first-order valence-corrected chi connectivity index (χ1v) is 11.3. The number of carbonyl (C=O) groups is 2. The molecular weight excluding hydrogens is 409 g/mol. The van der Waals surface area contributed by atoms with Crippen LogP contribution in [0.1, 0.15) is 30.6 Å². The molecule has 9 heteroatoms. The molecule has 2 aromatic rings. The van der Waals surface area contributed by atoms with Gasteiger partial charge >= 0.3 is 0 Å². The van der Waals surface area contributed by atoms with Gasteiger partial charge in [-0.1, -0.05) is 26.0 Å². The third-order valence-electron chi connectivity index (χ3n) is 4.88. The van der Waals surface area contributed by atoms with Crippen LogP contribution in [0.25, 0.3) is 0 Å². The van der Waals surface area contributed by atoms with E-state index in [1.807, 2.05) is 0 Å². The summed E-state index contributed by atoms with van der Waals surface area (Å²) in [5.41, 5.74) is 0.872. The number of halogens is 1. The first-order chi connectivity index (χ1) is 14.2. The molecule has 160 valence electrons. The normalized spacial score (nSPS) is 16.3. The van der Waals surface area contributed by atoms with Crippen LogP contribution >= 0.6 is 0 Å². The zero-order valence-corrected chi connectivity index (χ0v) is 17.6. The van der Waals surface area contributed by atoms with Gasteiger partial charge in [0.2, 0.25) is 15.9 Å². The molecule has 0 saturated carbocycles. The molecule has 1 fully saturated rings. The molecule has 1 atom stereocenters. The monoisotopic (exact) mass is 433 g/mol. The molecule has 2 N–H and O–H groups in total. The number of amides is 2. The Morgan fingerprint density at radius 2 is 1.73 bits per heavy atom. The molecule has 3 rings (SSSR count). The zero-order chi connectivity index (χ0) is 21.9. The van der Waals surface area contributed by atoms with Crippen LogP contribution in [0, 0.1) is 11.7 Å². The van der Waals surface area contributed by atoms with Gasteiger partial charge in [0.1, 0.15) is 11.9 Å². The second kappa shape index (κ2) is 8.83. The average Bonchev–Trinajstić information content (AvgIpc) is 3.05. The van der Waals surface area contributed by atoms with E-state index in [1.165, 1.54) is 22.5 Å². The second-order valence-electron chi connectivity index (χ2n) is 7.45. The maximum absolute atomic E-state index is 13.9. The zero-order valence-electron chi connectivity index (χ0n) is 16.8. The summed E-state index contributed by atoms with van der Waals surface area (Å²) in [5, 5.41) is 5.30. The highest BCUT2D eigenvalue weighted by molar-refractivity contribution is 7.93. The van der Waals surface area contributed by atoms with E-state index in [4.69, 9.17) is 0 Å². The number of nitrogens with zero attached hydrogens (tertiary/aromatic N) is 1. The number of benzene rings is 2. The van der Waals surface area contributed by atoms with E-state index in [9.17, 15) is 22.4 Å². The molecule has 1 aliphatic heterocycles. The molecule has 30 heavy (non-hydrogen) atoms. The molecule has 7 nitrogen and oxygen atoms in total. The smallest absolute Gasteiger partial charge is 0.254 e. The molecule has 0 radical (unpaired) electrons. The van der Waals surface area contributed by atoms with Crippen molar-refractivity contribution in [3.63, 3.8) is 0 Å². The molecule has 0 spiro atoms. The predicted octanol–water partition coefficient (Wildman–Crippen LogP) is 2.76. The van der Waals surface area contributed by atoms with Crippen LogP contribution < -0.4 is 14.9 Å². The fraction of sp³-hybridized carbons (Fsp3) is 0.333. The van der Waals surface area contributed by atoms with E-state index >= 15 is 0 Å². The maximum Gasteiger partial charge on any atom is 0.254 e. The fourth-order valence-corrected chi connectivity index (χ4v) is 4.82. The van der Waals surface area contributed by atoms with Gasteiger partial charge in [-0.05, 0) is 48.7 Å². The molecule has 0 aliphatic carbocycles. The Labute approximate surface area is 175 Å². The van der Waals surface area contributed by atoms with Gasteiger partial charge in [-0.15, -0.1) is 0 Å². The third kappa shape index (κ3) is 4.79. The van der Waals surface area contributed by atoms with Crippen molar-refractivity contribution >= 4 is 33.2 Å². The van der Waals surface area contributed by atoms with E-state index in [1.54, 1.807) is 44.2 Å². The van der Waals surface area contributed by atoms with Crippen LogP contribution in [0.5, 0.6) is 0 Å². The van der Waals surface area contributed by atoms with Crippen molar-refractivity contribution in [1.29, 1.82) is 0 Å². The lowest BCUT2D eigenvalue weighted by atomic mass is 10.0. The van der Waals surface area contributed by atoms with E-state index in [-0.39, 0.29) is 17.2 Å². The Balaban J connectivity index is 1.69. The Morgan fingerprint density at radius 3 is 2.30 bits per heavy atom. The SMILES string of the molecule is CC(C)[C@H](NC(=O)c1ccccc1F)C(=O)Nc1ccc(N2CCCS2(=O)=O)cc1. The van der Waals surface area contributed by atoms with Crippen molar-refractivity contribution < 1.29 is 22.4 Å². The van der Waals surface area contributed by atoms with E-state index in [0.717, 1.165) is 0 Å². The number of nitrogens with one attached hydrogen (secondary N) is 2. The number of rotatable bonds is 6. The van der Waals surface area contributed by atoms with Crippen LogP contribution in [0.4, 0.5) is 15.8 Å². The summed E-state index contributed by atoms with van der Waals surface area (Å²) in [7, 11) is -3.28. The lowest BCUT2D eigenvalue weighted by molar-refractivity contribution is -0.118. The summed E-state index contributed by atoms with van der Waals surface area (Å²) in [6.45, 7) is 3.98. The quantitative estimate of drug-likeness (QED) is 0.732. The van der Waals surface area contributed by atoms with Crippen LogP contribution in [0.2, 0.25) is 0 Å². The largest absolute Gasteiger partial charge is 0.340 e. The highest BCUT2D eigenvalue weighted by atomic mass is 32.2. The first-order valence-electron chi connectivity index (χ1n) is 9.66. The molecule has 1 heterocycles. The van der Waals surface area contributed by atoms with Crippen molar-refractivity contribution in [2.24, 2.45) is 5.92 Å². The molecule has 2 aromatic carbocycles. The molecule has 1 saturated heterocycles. The summed E-state index contributed by atoms with van der Waals surface area (Å²) in [5.74, 6) is -1.89. The summed E-state index contributed by atoms with van der Waals surface area (Å²) in [4.78, 5) is 25.1. The minimum Gasteiger partial charge on any atom is -0.340 e. The highest BCUT2D eigenvalue weighted by Crippen LogP contribution is 2.25. The van der Waals surface area contributed by atoms with Gasteiger partial charge in [0.15, 0.2) is 0 Å². The van der Waals surface area contributed by atoms with Crippen LogP contribution in [0.3, 0.4) is 0 Å².